The Bertz CT molecular complexity index is 433. The summed E-state index contributed by atoms with van der Waals surface area (Å²) >= 11 is 0. The quantitative estimate of drug-likeness (QED) is 0.875. The summed E-state index contributed by atoms with van der Waals surface area (Å²) in [6, 6.07) is 0.634. The molecule has 0 saturated carbocycles. The van der Waals surface area contributed by atoms with E-state index in [0.717, 1.165) is 18.3 Å². The first-order valence-electron chi connectivity index (χ1n) is 5.24. The molecule has 18 heavy (non-hydrogen) atoms. The van der Waals surface area contributed by atoms with Gasteiger partial charge in [-0.2, -0.15) is 13.2 Å². The van der Waals surface area contributed by atoms with E-state index in [9.17, 15) is 18.0 Å². The Hall–Kier alpha value is -1.79. The number of carbonyl (C=O) groups is 1. The molecule has 0 spiro atoms. The lowest BCUT2D eigenvalue weighted by Gasteiger charge is -2.19. The molecule has 0 bridgehead atoms. The molecule has 1 aromatic rings. The standard InChI is InChI=1S/C11H13F3N2O2/c1-6(2)9(10(17)18)16-8-5-7(3-4-15-8)11(12,13)14/h3-6,9H,1-2H3,(H,15,16)(H,17,18)/t9-/m1/s1. The van der Waals surface area contributed by atoms with Crippen molar-refractivity contribution in [1.82, 2.24) is 4.98 Å². The van der Waals surface area contributed by atoms with Gasteiger partial charge in [0.2, 0.25) is 0 Å². The van der Waals surface area contributed by atoms with E-state index in [-0.39, 0.29) is 11.7 Å². The number of halogens is 3. The van der Waals surface area contributed by atoms with Crippen molar-refractivity contribution >= 4 is 11.8 Å². The van der Waals surface area contributed by atoms with E-state index < -0.39 is 23.8 Å². The van der Waals surface area contributed by atoms with Crippen LogP contribution in [0.2, 0.25) is 0 Å². The SMILES string of the molecule is CC(C)[C@@H](Nc1cc(C(F)(F)F)ccn1)C(=O)O. The van der Waals surface area contributed by atoms with Crippen molar-refractivity contribution < 1.29 is 23.1 Å². The molecule has 0 fully saturated rings. The van der Waals surface area contributed by atoms with Crippen LogP contribution in [0, 0.1) is 5.92 Å². The van der Waals surface area contributed by atoms with Crippen LogP contribution in [0.3, 0.4) is 0 Å². The number of carboxylic acids is 1. The maximum Gasteiger partial charge on any atom is 0.416 e. The summed E-state index contributed by atoms with van der Waals surface area (Å²) in [6.45, 7) is 3.30. The lowest BCUT2D eigenvalue weighted by Crippen LogP contribution is -2.34. The molecule has 7 heteroatoms. The van der Waals surface area contributed by atoms with Crippen molar-refractivity contribution in [3.63, 3.8) is 0 Å². The van der Waals surface area contributed by atoms with E-state index in [1.165, 1.54) is 0 Å². The molecular weight excluding hydrogens is 249 g/mol. The van der Waals surface area contributed by atoms with E-state index >= 15 is 0 Å². The number of carboxylic acid groups (broad SMARTS) is 1. The molecule has 4 nitrogen and oxygen atoms in total. The molecule has 1 rings (SSSR count). The van der Waals surface area contributed by atoms with Crippen LogP contribution in [-0.2, 0) is 11.0 Å². The summed E-state index contributed by atoms with van der Waals surface area (Å²) in [6.07, 6.45) is -3.49. The van der Waals surface area contributed by atoms with Gasteiger partial charge in [-0.3, -0.25) is 0 Å². The first-order valence-corrected chi connectivity index (χ1v) is 5.24. The highest BCUT2D eigenvalue weighted by Crippen LogP contribution is 2.30. The fourth-order valence-corrected chi connectivity index (χ4v) is 1.36. The van der Waals surface area contributed by atoms with Crippen molar-refractivity contribution in [3.8, 4) is 0 Å². The topological polar surface area (TPSA) is 62.2 Å². The Morgan fingerprint density at radius 2 is 2.06 bits per heavy atom. The van der Waals surface area contributed by atoms with E-state index in [0.29, 0.717) is 0 Å². The second-order valence-electron chi connectivity index (χ2n) is 4.13. The van der Waals surface area contributed by atoms with Gasteiger partial charge < -0.3 is 10.4 Å². The molecule has 100 valence electrons. The number of alkyl halides is 3. The molecule has 0 unspecified atom stereocenters. The van der Waals surface area contributed by atoms with Gasteiger partial charge in [0.05, 0.1) is 5.56 Å². The lowest BCUT2D eigenvalue weighted by atomic mass is 10.0. The Morgan fingerprint density at radius 3 is 2.50 bits per heavy atom. The minimum atomic E-state index is -4.48. The van der Waals surface area contributed by atoms with Crippen molar-refractivity contribution in [2.75, 3.05) is 5.32 Å². The predicted molar refractivity (Wildman–Crippen MR) is 59.1 cm³/mol. The fourth-order valence-electron chi connectivity index (χ4n) is 1.36. The molecule has 0 amide bonds. The number of aliphatic carboxylic acids is 1. The van der Waals surface area contributed by atoms with Gasteiger partial charge in [0.25, 0.3) is 0 Å². The van der Waals surface area contributed by atoms with Crippen LogP contribution >= 0.6 is 0 Å². The minimum Gasteiger partial charge on any atom is -0.480 e. The van der Waals surface area contributed by atoms with Crippen molar-refractivity contribution in [3.05, 3.63) is 23.9 Å². The highest BCUT2D eigenvalue weighted by Gasteiger charge is 2.31. The largest absolute Gasteiger partial charge is 0.480 e. The molecule has 0 radical (unpaired) electrons. The molecule has 0 aliphatic carbocycles. The second-order valence-corrected chi connectivity index (χ2v) is 4.13. The highest BCUT2D eigenvalue weighted by molar-refractivity contribution is 5.77. The van der Waals surface area contributed by atoms with Crippen LogP contribution in [0.4, 0.5) is 19.0 Å². The van der Waals surface area contributed by atoms with Gasteiger partial charge >= 0.3 is 12.1 Å². The Kier molecular flexibility index (Phi) is 4.15. The van der Waals surface area contributed by atoms with Gasteiger partial charge in [0, 0.05) is 6.20 Å². The third kappa shape index (κ3) is 3.61. The van der Waals surface area contributed by atoms with Gasteiger partial charge in [-0.05, 0) is 18.1 Å². The van der Waals surface area contributed by atoms with Crippen LogP contribution < -0.4 is 5.32 Å². The molecule has 1 heterocycles. The summed E-state index contributed by atoms with van der Waals surface area (Å²) in [7, 11) is 0. The zero-order valence-electron chi connectivity index (χ0n) is 9.82. The lowest BCUT2D eigenvalue weighted by molar-refractivity contribution is -0.139. The molecule has 1 aromatic heterocycles. The predicted octanol–water partition coefficient (Wildman–Crippen LogP) is 2.62. The Morgan fingerprint density at radius 1 is 1.44 bits per heavy atom. The van der Waals surface area contributed by atoms with Crippen LogP contribution in [0.25, 0.3) is 0 Å². The smallest absolute Gasteiger partial charge is 0.416 e. The first-order chi connectivity index (χ1) is 8.21. The van der Waals surface area contributed by atoms with Gasteiger partial charge in [-0.1, -0.05) is 13.8 Å². The molecule has 1 atom stereocenters. The maximum atomic E-state index is 12.5. The van der Waals surface area contributed by atoms with E-state index in [1.807, 2.05) is 0 Å². The van der Waals surface area contributed by atoms with Gasteiger partial charge in [-0.25, -0.2) is 9.78 Å². The van der Waals surface area contributed by atoms with Crippen LogP contribution in [0.1, 0.15) is 19.4 Å². The zero-order chi connectivity index (χ0) is 13.9. The number of hydrogen-bond donors (Lipinski definition) is 2. The number of anilines is 1. The molecule has 2 N–H and O–H groups in total. The fraction of sp³-hybridized carbons (Fsp3) is 0.455. The minimum absolute atomic E-state index is 0.106. The number of aromatic nitrogens is 1. The summed E-state index contributed by atoms with van der Waals surface area (Å²) in [5.74, 6) is -1.52. The summed E-state index contributed by atoms with van der Waals surface area (Å²) in [5, 5.41) is 11.4. The Balaban J connectivity index is 2.94. The molecule has 0 aromatic carbocycles. The highest BCUT2D eigenvalue weighted by atomic mass is 19.4. The summed E-state index contributed by atoms with van der Waals surface area (Å²) < 4.78 is 37.4. The van der Waals surface area contributed by atoms with E-state index in [1.54, 1.807) is 13.8 Å². The monoisotopic (exact) mass is 262 g/mol. The van der Waals surface area contributed by atoms with E-state index in [4.69, 9.17) is 5.11 Å². The number of nitrogens with one attached hydrogen (secondary N) is 1. The van der Waals surface area contributed by atoms with Gasteiger partial charge in [-0.15, -0.1) is 0 Å². The van der Waals surface area contributed by atoms with Crippen LogP contribution in [-0.4, -0.2) is 22.1 Å². The number of pyridine rings is 1. The van der Waals surface area contributed by atoms with E-state index in [2.05, 4.69) is 10.3 Å². The van der Waals surface area contributed by atoms with Crippen molar-refractivity contribution in [2.45, 2.75) is 26.1 Å². The number of nitrogens with zero attached hydrogens (tertiary/aromatic N) is 1. The molecule has 0 aliphatic heterocycles. The van der Waals surface area contributed by atoms with Crippen molar-refractivity contribution in [1.29, 1.82) is 0 Å². The Labute approximate surface area is 102 Å². The third-order valence-electron chi connectivity index (χ3n) is 2.32. The number of hydrogen-bond acceptors (Lipinski definition) is 3. The van der Waals surface area contributed by atoms with Crippen molar-refractivity contribution in [2.24, 2.45) is 5.92 Å². The van der Waals surface area contributed by atoms with Gasteiger partial charge in [0.15, 0.2) is 0 Å². The maximum absolute atomic E-state index is 12.5. The number of rotatable bonds is 4. The second kappa shape index (κ2) is 5.24. The average molecular weight is 262 g/mol. The third-order valence-corrected chi connectivity index (χ3v) is 2.32. The molecular formula is C11H13F3N2O2. The normalized spacial score (nSPS) is 13.4. The summed E-state index contributed by atoms with van der Waals surface area (Å²) in [4.78, 5) is 14.6. The van der Waals surface area contributed by atoms with Gasteiger partial charge in [0.1, 0.15) is 11.9 Å². The van der Waals surface area contributed by atoms with Crippen LogP contribution in [0.15, 0.2) is 18.3 Å². The zero-order valence-corrected chi connectivity index (χ0v) is 9.82. The molecule has 0 saturated heterocycles. The average Bonchev–Trinajstić information content (AvgIpc) is 2.24. The molecule has 0 aliphatic rings. The summed E-state index contributed by atoms with van der Waals surface area (Å²) in [5.41, 5.74) is -0.868. The van der Waals surface area contributed by atoms with Crippen LogP contribution in [0.5, 0.6) is 0 Å². The first kappa shape index (κ1) is 14.3.